The number of guanidine groups is 1. The van der Waals surface area contributed by atoms with Crippen LogP contribution in [0.2, 0.25) is 0 Å². The zero-order valence-corrected chi connectivity index (χ0v) is 17.8. The fraction of sp³-hybridized carbons (Fsp3) is 0.632. The van der Waals surface area contributed by atoms with Crippen molar-refractivity contribution in [3.05, 3.63) is 35.9 Å². The molecule has 1 fully saturated rings. The van der Waals surface area contributed by atoms with E-state index in [0.717, 1.165) is 12.5 Å². The minimum absolute atomic E-state index is 0. The third kappa shape index (κ3) is 6.24. The summed E-state index contributed by atoms with van der Waals surface area (Å²) in [7, 11) is 1.84. The molecule has 2 rings (SSSR count). The van der Waals surface area contributed by atoms with Crippen molar-refractivity contribution in [3.8, 4) is 0 Å². The Labute approximate surface area is 164 Å². The van der Waals surface area contributed by atoms with Gasteiger partial charge in [0.2, 0.25) is 0 Å². The normalized spacial score (nSPS) is 18.1. The molecule has 0 aromatic heterocycles. The Morgan fingerprint density at radius 3 is 2.29 bits per heavy atom. The molecule has 2 atom stereocenters. The first-order chi connectivity index (χ1) is 11.1. The Balaban J connectivity index is 0.00000288. The van der Waals surface area contributed by atoms with E-state index in [9.17, 15) is 0 Å². The number of halogens is 1. The second kappa shape index (κ2) is 10.9. The van der Waals surface area contributed by atoms with Crippen LogP contribution in [0, 0.1) is 5.92 Å². The predicted molar refractivity (Wildman–Crippen MR) is 114 cm³/mol. The maximum Gasteiger partial charge on any atom is 0.191 e. The van der Waals surface area contributed by atoms with Gasteiger partial charge >= 0.3 is 0 Å². The SMILES string of the molecule is CN=C(NCC(c1ccccc1)N1CCCC1)NC(C)C(C)C.I. The van der Waals surface area contributed by atoms with Crippen LogP contribution in [-0.2, 0) is 0 Å². The van der Waals surface area contributed by atoms with Gasteiger partial charge in [-0.2, -0.15) is 0 Å². The molecule has 1 aliphatic heterocycles. The topological polar surface area (TPSA) is 39.7 Å². The van der Waals surface area contributed by atoms with Crippen molar-refractivity contribution in [2.24, 2.45) is 10.9 Å². The molecule has 4 nitrogen and oxygen atoms in total. The molecule has 0 saturated carbocycles. The monoisotopic (exact) mass is 444 g/mol. The van der Waals surface area contributed by atoms with E-state index in [2.05, 4.69) is 71.6 Å². The van der Waals surface area contributed by atoms with Gasteiger partial charge in [0.05, 0.1) is 6.04 Å². The summed E-state index contributed by atoms with van der Waals surface area (Å²) in [5, 5.41) is 7.01. The number of nitrogens with one attached hydrogen (secondary N) is 2. The lowest BCUT2D eigenvalue weighted by Gasteiger charge is -2.29. The van der Waals surface area contributed by atoms with Gasteiger partial charge in [-0.15, -0.1) is 24.0 Å². The molecule has 0 radical (unpaired) electrons. The quantitative estimate of drug-likeness (QED) is 0.400. The maximum atomic E-state index is 4.38. The molecule has 1 heterocycles. The molecule has 1 saturated heterocycles. The number of nitrogens with zero attached hydrogens (tertiary/aromatic N) is 2. The molecule has 0 amide bonds. The average molecular weight is 444 g/mol. The van der Waals surface area contributed by atoms with Gasteiger partial charge in [0, 0.05) is 19.6 Å². The lowest BCUT2D eigenvalue weighted by Crippen LogP contribution is -2.46. The van der Waals surface area contributed by atoms with Crippen LogP contribution in [0.5, 0.6) is 0 Å². The van der Waals surface area contributed by atoms with Gasteiger partial charge in [0.15, 0.2) is 5.96 Å². The third-order valence-corrected chi connectivity index (χ3v) is 4.82. The van der Waals surface area contributed by atoms with Crippen molar-refractivity contribution >= 4 is 29.9 Å². The van der Waals surface area contributed by atoms with E-state index in [1.54, 1.807) is 0 Å². The molecule has 1 aromatic rings. The first kappa shape index (κ1) is 21.2. The zero-order valence-electron chi connectivity index (χ0n) is 15.5. The molecule has 0 spiro atoms. The highest BCUT2D eigenvalue weighted by atomic mass is 127. The molecule has 0 aliphatic carbocycles. The highest BCUT2D eigenvalue weighted by molar-refractivity contribution is 14.0. The van der Waals surface area contributed by atoms with Gasteiger partial charge in [0.25, 0.3) is 0 Å². The molecule has 0 bridgehead atoms. The van der Waals surface area contributed by atoms with E-state index >= 15 is 0 Å². The van der Waals surface area contributed by atoms with Gasteiger partial charge in [-0.1, -0.05) is 44.2 Å². The number of likely N-dealkylation sites (tertiary alicyclic amines) is 1. The van der Waals surface area contributed by atoms with Gasteiger partial charge in [-0.05, 0) is 44.3 Å². The van der Waals surface area contributed by atoms with Gasteiger partial charge < -0.3 is 10.6 Å². The Morgan fingerprint density at radius 2 is 1.75 bits per heavy atom. The van der Waals surface area contributed by atoms with Crippen LogP contribution in [0.3, 0.4) is 0 Å². The van der Waals surface area contributed by atoms with Crippen molar-refractivity contribution in [2.75, 3.05) is 26.7 Å². The molecule has 24 heavy (non-hydrogen) atoms. The van der Waals surface area contributed by atoms with Gasteiger partial charge in [0.1, 0.15) is 0 Å². The third-order valence-electron chi connectivity index (χ3n) is 4.82. The average Bonchev–Trinajstić information content (AvgIpc) is 3.09. The summed E-state index contributed by atoms with van der Waals surface area (Å²) in [5.74, 6) is 1.48. The number of hydrogen-bond acceptors (Lipinski definition) is 2. The fourth-order valence-electron chi connectivity index (χ4n) is 2.96. The van der Waals surface area contributed by atoms with Crippen molar-refractivity contribution in [1.29, 1.82) is 0 Å². The van der Waals surface area contributed by atoms with Crippen molar-refractivity contribution < 1.29 is 0 Å². The Hall–Kier alpha value is -0.820. The van der Waals surface area contributed by atoms with E-state index in [1.807, 2.05) is 7.05 Å². The number of hydrogen-bond donors (Lipinski definition) is 2. The van der Waals surface area contributed by atoms with E-state index in [4.69, 9.17) is 0 Å². The minimum atomic E-state index is 0. The molecule has 136 valence electrons. The van der Waals surface area contributed by atoms with Gasteiger partial charge in [-0.25, -0.2) is 0 Å². The second-order valence-electron chi connectivity index (χ2n) is 6.80. The lowest BCUT2D eigenvalue weighted by molar-refractivity contribution is 0.245. The summed E-state index contributed by atoms with van der Waals surface area (Å²) in [6.07, 6.45) is 2.61. The Bertz CT molecular complexity index is 483. The molecule has 5 heteroatoms. The van der Waals surface area contributed by atoms with Crippen LogP contribution in [0.1, 0.15) is 45.2 Å². The molecule has 2 unspecified atom stereocenters. The highest BCUT2D eigenvalue weighted by Crippen LogP contribution is 2.24. The van der Waals surface area contributed by atoms with Crippen molar-refractivity contribution in [3.63, 3.8) is 0 Å². The van der Waals surface area contributed by atoms with E-state index < -0.39 is 0 Å². The summed E-state index contributed by atoms with van der Waals surface area (Å²) in [6, 6.07) is 11.6. The summed E-state index contributed by atoms with van der Waals surface area (Å²) in [5.41, 5.74) is 1.38. The maximum absolute atomic E-state index is 4.38. The van der Waals surface area contributed by atoms with E-state index in [1.165, 1.54) is 31.5 Å². The largest absolute Gasteiger partial charge is 0.354 e. The Morgan fingerprint density at radius 1 is 1.12 bits per heavy atom. The second-order valence-corrected chi connectivity index (χ2v) is 6.80. The molecular formula is C19H33IN4. The number of aliphatic imine (C=N–C) groups is 1. The van der Waals surface area contributed by atoms with Crippen LogP contribution in [0.25, 0.3) is 0 Å². The zero-order chi connectivity index (χ0) is 16.7. The lowest BCUT2D eigenvalue weighted by atomic mass is 10.1. The molecule has 1 aliphatic rings. The predicted octanol–water partition coefficient (Wildman–Crippen LogP) is 3.65. The fourth-order valence-corrected chi connectivity index (χ4v) is 2.96. The number of rotatable bonds is 6. The van der Waals surface area contributed by atoms with Crippen LogP contribution < -0.4 is 10.6 Å². The van der Waals surface area contributed by atoms with E-state index in [-0.39, 0.29) is 24.0 Å². The Kier molecular flexibility index (Phi) is 9.66. The molecule has 2 N–H and O–H groups in total. The summed E-state index contributed by atoms with van der Waals surface area (Å²) in [4.78, 5) is 6.96. The highest BCUT2D eigenvalue weighted by Gasteiger charge is 2.23. The minimum Gasteiger partial charge on any atom is -0.354 e. The summed E-state index contributed by atoms with van der Waals surface area (Å²) >= 11 is 0. The summed E-state index contributed by atoms with van der Waals surface area (Å²) in [6.45, 7) is 9.91. The molecule has 1 aromatic carbocycles. The smallest absolute Gasteiger partial charge is 0.191 e. The van der Waals surface area contributed by atoms with Crippen LogP contribution >= 0.6 is 24.0 Å². The first-order valence-corrected chi connectivity index (χ1v) is 8.88. The number of benzene rings is 1. The standard InChI is InChI=1S/C19H32N4.HI/c1-15(2)16(3)22-19(20-4)21-14-18(23-12-8-9-13-23)17-10-6-5-7-11-17;/h5-7,10-11,15-16,18H,8-9,12-14H2,1-4H3,(H2,20,21,22);1H. The van der Waals surface area contributed by atoms with E-state index in [0.29, 0.717) is 18.0 Å². The van der Waals surface area contributed by atoms with Crippen molar-refractivity contribution in [1.82, 2.24) is 15.5 Å². The van der Waals surface area contributed by atoms with Gasteiger partial charge in [-0.3, -0.25) is 9.89 Å². The molecular weight excluding hydrogens is 411 g/mol. The summed E-state index contributed by atoms with van der Waals surface area (Å²) < 4.78 is 0. The van der Waals surface area contributed by atoms with Crippen LogP contribution in [0.15, 0.2) is 35.3 Å². The first-order valence-electron chi connectivity index (χ1n) is 8.88. The van der Waals surface area contributed by atoms with Crippen LogP contribution in [0.4, 0.5) is 0 Å². The van der Waals surface area contributed by atoms with Crippen LogP contribution in [-0.4, -0.2) is 43.6 Å². The van der Waals surface area contributed by atoms with Crippen molar-refractivity contribution in [2.45, 2.75) is 45.7 Å².